The van der Waals surface area contributed by atoms with Crippen LogP contribution in [0.3, 0.4) is 0 Å². The normalized spacial score (nSPS) is 12.0. The molecule has 0 radical (unpaired) electrons. The van der Waals surface area contributed by atoms with Crippen molar-refractivity contribution in [1.29, 1.82) is 0 Å². The number of nitrogens with zero attached hydrogens (tertiary/aromatic N) is 5. The highest BCUT2D eigenvalue weighted by Crippen LogP contribution is 2.24. The van der Waals surface area contributed by atoms with Crippen LogP contribution in [0.25, 0.3) is 0 Å². The molecule has 0 aliphatic rings. The molecule has 1 amide bonds. The molecule has 2 heterocycles. The molecule has 1 atom stereocenters. The molecule has 0 aliphatic heterocycles. The fraction of sp³-hybridized carbons (Fsp3) is 0.176. The second-order valence-corrected chi connectivity index (χ2v) is 5.39. The molecule has 2 aromatic heterocycles. The van der Waals surface area contributed by atoms with Gasteiger partial charge in [-0.1, -0.05) is 6.07 Å². The van der Waals surface area contributed by atoms with Crippen molar-refractivity contribution in [3.05, 3.63) is 72.6 Å². The first kappa shape index (κ1) is 16.7. The molecule has 0 unspecified atom stereocenters. The summed E-state index contributed by atoms with van der Waals surface area (Å²) in [7, 11) is 0. The third kappa shape index (κ3) is 3.68. The van der Waals surface area contributed by atoms with Gasteiger partial charge in [-0.3, -0.25) is 9.78 Å². The Hall–Kier alpha value is -3.16. The van der Waals surface area contributed by atoms with E-state index < -0.39 is 23.6 Å². The van der Waals surface area contributed by atoms with Crippen molar-refractivity contribution in [1.82, 2.24) is 19.7 Å². The SMILES string of the molecule is C[C@@H](C(=O)N(Cc1ccccn1)c1ccc(F)cc1F)n1cncn1. The summed E-state index contributed by atoms with van der Waals surface area (Å²) in [6.07, 6.45) is 4.30. The van der Waals surface area contributed by atoms with E-state index in [0.717, 1.165) is 12.1 Å². The molecule has 0 saturated carbocycles. The van der Waals surface area contributed by atoms with Crippen LogP contribution in [0.5, 0.6) is 0 Å². The quantitative estimate of drug-likeness (QED) is 0.715. The first-order valence-corrected chi connectivity index (χ1v) is 7.56. The Morgan fingerprint density at radius 3 is 2.76 bits per heavy atom. The van der Waals surface area contributed by atoms with Crippen LogP contribution in [0.1, 0.15) is 18.7 Å². The van der Waals surface area contributed by atoms with Gasteiger partial charge in [0.05, 0.1) is 17.9 Å². The van der Waals surface area contributed by atoms with E-state index in [1.807, 2.05) is 0 Å². The second kappa shape index (κ2) is 7.16. The summed E-state index contributed by atoms with van der Waals surface area (Å²) in [4.78, 5) is 22.1. The van der Waals surface area contributed by atoms with Gasteiger partial charge in [-0.25, -0.2) is 18.4 Å². The Kier molecular flexibility index (Phi) is 4.78. The topological polar surface area (TPSA) is 63.9 Å². The molecular formula is C17H15F2N5O. The Morgan fingerprint density at radius 1 is 1.28 bits per heavy atom. The number of carbonyl (C=O) groups excluding carboxylic acids is 1. The standard InChI is InChI=1S/C17H15F2N5O/c1-12(24-11-20-10-22-24)17(25)23(9-14-4-2-3-7-21-14)16-6-5-13(18)8-15(16)19/h2-8,10-12H,9H2,1H3/t12-/m0/s1. The van der Waals surface area contributed by atoms with E-state index in [1.54, 1.807) is 31.3 Å². The third-order valence-electron chi connectivity index (χ3n) is 3.70. The number of rotatable bonds is 5. The van der Waals surface area contributed by atoms with Gasteiger partial charge in [0.25, 0.3) is 5.91 Å². The van der Waals surface area contributed by atoms with Gasteiger partial charge < -0.3 is 4.90 Å². The highest BCUT2D eigenvalue weighted by Gasteiger charge is 2.26. The van der Waals surface area contributed by atoms with Crippen molar-refractivity contribution in [2.45, 2.75) is 19.5 Å². The number of aromatic nitrogens is 4. The van der Waals surface area contributed by atoms with Gasteiger partial charge in [0.1, 0.15) is 30.3 Å². The van der Waals surface area contributed by atoms with Crippen molar-refractivity contribution < 1.29 is 13.6 Å². The van der Waals surface area contributed by atoms with E-state index in [1.165, 1.54) is 28.3 Å². The first-order valence-electron chi connectivity index (χ1n) is 7.56. The maximum Gasteiger partial charge on any atom is 0.252 e. The molecule has 0 aliphatic carbocycles. The van der Waals surface area contributed by atoms with Crippen LogP contribution >= 0.6 is 0 Å². The monoisotopic (exact) mass is 343 g/mol. The molecule has 6 nitrogen and oxygen atoms in total. The van der Waals surface area contributed by atoms with Gasteiger partial charge in [0, 0.05) is 12.3 Å². The van der Waals surface area contributed by atoms with Gasteiger partial charge in [-0.15, -0.1) is 0 Å². The number of amides is 1. The van der Waals surface area contributed by atoms with E-state index in [9.17, 15) is 13.6 Å². The fourth-order valence-electron chi connectivity index (χ4n) is 2.39. The van der Waals surface area contributed by atoms with Crippen LogP contribution in [0, 0.1) is 11.6 Å². The number of halogens is 2. The summed E-state index contributed by atoms with van der Waals surface area (Å²) in [5, 5.41) is 3.95. The van der Waals surface area contributed by atoms with Gasteiger partial charge >= 0.3 is 0 Å². The van der Waals surface area contributed by atoms with Gasteiger partial charge in [0.15, 0.2) is 0 Å². The molecule has 0 fully saturated rings. The lowest BCUT2D eigenvalue weighted by atomic mass is 10.2. The van der Waals surface area contributed by atoms with Gasteiger partial charge in [-0.2, -0.15) is 5.10 Å². The van der Waals surface area contributed by atoms with Crippen LogP contribution in [0.2, 0.25) is 0 Å². The summed E-state index contributed by atoms with van der Waals surface area (Å²) in [6.45, 7) is 1.67. The number of hydrogen-bond donors (Lipinski definition) is 0. The van der Waals surface area contributed by atoms with Crippen molar-refractivity contribution in [2.24, 2.45) is 0 Å². The number of benzene rings is 1. The molecule has 8 heteroatoms. The fourth-order valence-corrected chi connectivity index (χ4v) is 2.39. The van der Waals surface area contributed by atoms with Crippen LogP contribution < -0.4 is 4.90 Å². The molecule has 0 N–H and O–H groups in total. The molecule has 0 spiro atoms. The van der Waals surface area contributed by atoms with Gasteiger partial charge in [-0.05, 0) is 31.2 Å². The summed E-state index contributed by atoms with van der Waals surface area (Å²) in [6, 6.07) is 7.61. The minimum Gasteiger partial charge on any atom is -0.302 e. The molecular weight excluding hydrogens is 328 g/mol. The lowest BCUT2D eigenvalue weighted by Crippen LogP contribution is -2.37. The molecule has 3 aromatic rings. The molecule has 0 saturated heterocycles. The van der Waals surface area contributed by atoms with E-state index >= 15 is 0 Å². The first-order chi connectivity index (χ1) is 12.1. The van der Waals surface area contributed by atoms with Crippen molar-refractivity contribution in [3.8, 4) is 0 Å². The highest BCUT2D eigenvalue weighted by atomic mass is 19.1. The third-order valence-corrected chi connectivity index (χ3v) is 3.70. The van der Waals surface area contributed by atoms with Crippen LogP contribution in [0.15, 0.2) is 55.2 Å². The van der Waals surface area contributed by atoms with Gasteiger partial charge in [0.2, 0.25) is 0 Å². The predicted octanol–water partition coefficient (Wildman–Crippen LogP) is 2.75. The van der Waals surface area contributed by atoms with Crippen LogP contribution in [0.4, 0.5) is 14.5 Å². The summed E-state index contributed by atoms with van der Waals surface area (Å²) < 4.78 is 28.9. The van der Waals surface area contributed by atoms with Crippen LogP contribution in [-0.2, 0) is 11.3 Å². The Balaban J connectivity index is 1.97. The predicted molar refractivity (Wildman–Crippen MR) is 86.5 cm³/mol. The maximum atomic E-state index is 14.3. The Morgan fingerprint density at radius 2 is 2.12 bits per heavy atom. The zero-order valence-corrected chi connectivity index (χ0v) is 13.4. The lowest BCUT2D eigenvalue weighted by molar-refractivity contribution is -0.121. The zero-order chi connectivity index (χ0) is 17.8. The number of anilines is 1. The number of pyridine rings is 1. The minimum absolute atomic E-state index is 0.0241. The highest BCUT2D eigenvalue weighted by molar-refractivity contribution is 5.95. The number of hydrogen-bond acceptors (Lipinski definition) is 4. The van der Waals surface area contributed by atoms with Crippen molar-refractivity contribution in [3.63, 3.8) is 0 Å². The molecule has 128 valence electrons. The van der Waals surface area contributed by atoms with E-state index in [-0.39, 0.29) is 12.2 Å². The molecule has 0 bridgehead atoms. The average Bonchev–Trinajstić information content (AvgIpc) is 3.14. The van der Waals surface area contributed by atoms with E-state index in [0.29, 0.717) is 5.69 Å². The van der Waals surface area contributed by atoms with E-state index in [2.05, 4.69) is 15.1 Å². The van der Waals surface area contributed by atoms with Crippen molar-refractivity contribution >= 4 is 11.6 Å². The zero-order valence-electron chi connectivity index (χ0n) is 13.4. The largest absolute Gasteiger partial charge is 0.302 e. The minimum atomic E-state index is -0.824. The molecule has 25 heavy (non-hydrogen) atoms. The van der Waals surface area contributed by atoms with E-state index in [4.69, 9.17) is 0 Å². The Bertz CT molecular complexity index is 855. The summed E-state index contributed by atoms with van der Waals surface area (Å²) in [5.74, 6) is -1.95. The smallest absolute Gasteiger partial charge is 0.252 e. The van der Waals surface area contributed by atoms with Crippen molar-refractivity contribution in [2.75, 3.05) is 4.90 Å². The lowest BCUT2D eigenvalue weighted by Gasteiger charge is -2.26. The summed E-state index contributed by atoms with van der Waals surface area (Å²) >= 11 is 0. The second-order valence-electron chi connectivity index (χ2n) is 5.39. The maximum absolute atomic E-state index is 14.3. The Labute approximate surface area is 142 Å². The molecule has 3 rings (SSSR count). The summed E-state index contributed by atoms with van der Waals surface area (Å²) in [5.41, 5.74) is 0.550. The number of carbonyl (C=O) groups is 1. The average molecular weight is 343 g/mol. The van der Waals surface area contributed by atoms with Crippen LogP contribution in [-0.4, -0.2) is 25.7 Å². The molecule has 1 aromatic carbocycles.